The lowest BCUT2D eigenvalue weighted by molar-refractivity contribution is -0.125. The van der Waals surface area contributed by atoms with E-state index in [1.165, 1.54) is 0 Å². The average Bonchev–Trinajstić information content (AvgIpc) is 2.71. The first-order valence-electron chi connectivity index (χ1n) is 12.4. The van der Waals surface area contributed by atoms with Crippen molar-refractivity contribution in [2.75, 3.05) is 48.9 Å². The van der Waals surface area contributed by atoms with Crippen molar-refractivity contribution in [1.82, 2.24) is 0 Å². The summed E-state index contributed by atoms with van der Waals surface area (Å²) in [5.74, 6) is 0.569. The van der Waals surface area contributed by atoms with Gasteiger partial charge in [0.1, 0.15) is 12.4 Å². The van der Waals surface area contributed by atoms with Crippen LogP contribution in [0.4, 0.5) is 17.1 Å². The molecule has 0 atom stereocenters. The van der Waals surface area contributed by atoms with Crippen LogP contribution in [0.3, 0.4) is 0 Å². The molecule has 0 bridgehead atoms. The first kappa shape index (κ1) is 27.5. The molecule has 33 heavy (non-hydrogen) atoms. The number of carbonyl (C=O) groups excluding carboxylic acids is 1. The monoisotopic (exact) mass is 479 g/mol. The second-order valence-corrected chi connectivity index (χ2v) is 15.6. The SMILES string of the molecule is CC(C)Oc1cc(NCCCO[Si](C(C)C)(C(C)C)C(C)C)c(N)cc1N1CCOCC1=O. The van der Waals surface area contributed by atoms with Crippen LogP contribution in [0, 0.1) is 0 Å². The molecular formula is C25H45N3O4Si. The van der Waals surface area contributed by atoms with E-state index in [0.717, 1.165) is 25.3 Å². The molecule has 0 aliphatic carbocycles. The van der Waals surface area contributed by atoms with Crippen molar-refractivity contribution in [3.8, 4) is 5.75 Å². The Bertz CT molecular complexity index is 761. The van der Waals surface area contributed by atoms with E-state index >= 15 is 0 Å². The van der Waals surface area contributed by atoms with Crippen LogP contribution < -0.4 is 20.7 Å². The van der Waals surface area contributed by atoms with Gasteiger partial charge in [-0.2, -0.15) is 0 Å². The molecule has 0 saturated carbocycles. The summed E-state index contributed by atoms with van der Waals surface area (Å²) < 4.78 is 18.0. The quantitative estimate of drug-likeness (QED) is 0.237. The molecule has 1 fully saturated rings. The minimum Gasteiger partial charge on any atom is -0.489 e. The smallest absolute Gasteiger partial charge is 0.253 e. The van der Waals surface area contributed by atoms with E-state index in [-0.39, 0.29) is 18.6 Å². The molecule has 1 aliphatic rings. The van der Waals surface area contributed by atoms with Crippen LogP contribution in [-0.2, 0) is 14.0 Å². The first-order chi connectivity index (χ1) is 15.5. The third-order valence-corrected chi connectivity index (χ3v) is 12.6. The number of nitrogen functional groups attached to an aromatic ring is 1. The third kappa shape index (κ3) is 6.64. The predicted molar refractivity (Wildman–Crippen MR) is 140 cm³/mol. The number of nitrogens with zero attached hydrogens (tertiary/aromatic N) is 1. The Kier molecular flexibility index (Phi) is 10.1. The maximum atomic E-state index is 12.4. The Labute approximate surface area is 201 Å². The summed E-state index contributed by atoms with van der Waals surface area (Å²) in [7, 11) is -1.85. The largest absolute Gasteiger partial charge is 0.489 e. The zero-order valence-corrected chi connectivity index (χ0v) is 22.9. The highest BCUT2D eigenvalue weighted by Gasteiger charge is 2.44. The number of morpholine rings is 1. The van der Waals surface area contributed by atoms with Crippen LogP contribution in [0.15, 0.2) is 12.1 Å². The topological polar surface area (TPSA) is 86.1 Å². The van der Waals surface area contributed by atoms with Crippen molar-refractivity contribution in [2.45, 2.75) is 84.5 Å². The number of nitrogens with two attached hydrogens (primary N) is 1. The molecule has 0 spiro atoms. The maximum absolute atomic E-state index is 12.4. The normalized spacial score (nSPS) is 15.3. The molecule has 1 aromatic rings. The summed E-state index contributed by atoms with van der Waals surface area (Å²) >= 11 is 0. The van der Waals surface area contributed by atoms with Gasteiger partial charge in [0.2, 0.25) is 0 Å². The van der Waals surface area contributed by atoms with Crippen molar-refractivity contribution in [1.29, 1.82) is 0 Å². The molecule has 188 valence electrons. The van der Waals surface area contributed by atoms with Crippen molar-refractivity contribution >= 4 is 31.3 Å². The Morgan fingerprint density at radius 2 is 1.73 bits per heavy atom. The number of hydrogen-bond donors (Lipinski definition) is 2. The highest BCUT2D eigenvalue weighted by atomic mass is 28.4. The molecule has 8 heteroatoms. The molecule has 1 heterocycles. The van der Waals surface area contributed by atoms with Gasteiger partial charge in [0.25, 0.3) is 5.91 Å². The first-order valence-corrected chi connectivity index (χ1v) is 14.5. The fraction of sp³-hybridized carbons (Fsp3) is 0.720. The molecule has 7 nitrogen and oxygen atoms in total. The molecule has 1 amide bonds. The summed E-state index contributed by atoms with van der Waals surface area (Å²) in [5.41, 5.74) is 10.2. The number of rotatable bonds is 12. The second-order valence-electron chi connectivity index (χ2n) is 10.1. The molecule has 2 rings (SSSR count). The molecule has 3 N–H and O–H groups in total. The standard InChI is InChI=1S/C25H45N3O4Si/c1-17(2)32-24-15-22(21(26)14-23(24)28-11-13-30-16-25(28)29)27-10-9-12-31-33(18(3)4,19(5)6)20(7)8/h14-15,17-20,27H,9-13,16,26H2,1-8H3. The molecule has 0 radical (unpaired) electrons. The summed E-state index contributed by atoms with van der Waals surface area (Å²) in [4.78, 5) is 14.1. The lowest BCUT2D eigenvalue weighted by Gasteiger charge is -2.42. The number of nitrogens with one attached hydrogen (secondary N) is 1. The van der Waals surface area contributed by atoms with E-state index in [0.29, 0.717) is 46.9 Å². The van der Waals surface area contributed by atoms with Gasteiger partial charge in [0, 0.05) is 25.8 Å². The van der Waals surface area contributed by atoms with E-state index in [9.17, 15) is 4.79 Å². The molecular weight excluding hydrogens is 434 g/mol. The minimum atomic E-state index is -1.85. The maximum Gasteiger partial charge on any atom is 0.253 e. The average molecular weight is 480 g/mol. The van der Waals surface area contributed by atoms with Gasteiger partial charge in [-0.1, -0.05) is 41.5 Å². The summed E-state index contributed by atoms with van der Waals surface area (Å²) in [6.07, 6.45) is 0.871. The van der Waals surface area contributed by atoms with Gasteiger partial charge in [0.05, 0.1) is 29.8 Å². The van der Waals surface area contributed by atoms with Gasteiger partial charge in [-0.25, -0.2) is 0 Å². The van der Waals surface area contributed by atoms with Gasteiger partial charge in [-0.3, -0.25) is 4.79 Å². The molecule has 1 aromatic carbocycles. The van der Waals surface area contributed by atoms with Crippen LogP contribution in [0.1, 0.15) is 61.8 Å². The number of ether oxygens (including phenoxy) is 2. The van der Waals surface area contributed by atoms with E-state index in [2.05, 4.69) is 46.9 Å². The molecule has 1 saturated heterocycles. The van der Waals surface area contributed by atoms with Gasteiger partial charge < -0.3 is 29.9 Å². The second kappa shape index (κ2) is 12.1. The van der Waals surface area contributed by atoms with Crippen LogP contribution in [-0.4, -0.2) is 53.2 Å². The third-order valence-electron chi connectivity index (χ3n) is 6.47. The zero-order chi connectivity index (χ0) is 24.8. The fourth-order valence-electron chi connectivity index (χ4n) is 5.11. The molecule has 0 unspecified atom stereocenters. The Hall–Kier alpha value is -1.77. The minimum absolute atomic E-state index is 0.0223. The number of hydrogen-bond acceptors (Lipinski definition) is 6. The molecule has 0 aromatic heterocycles. The van der Waals surface area contributed by atoms with E-state index in [1.807, 2.05) is 26.0 Å². The van der Waals surface area contributed by atoms with Gasteiger partial charge in [-0.15, -0.1) is 0 Å². The van der Waals surface area contributed by atoms with Crippen LogP contribution in [0.25, 0.3) is 0 Å². The lowest BCUT2D eigenvalue weighted by atomic mass is 10.2. The Morgan fingerprint density at radius 3 is 2.27 bits per heavy atom. The number of benzene rings is 1. The van der Waals surface area contributed by atoms with E-state index < -0.39 is 8.32 Å². The summed E-state index contributed by atoms with van der Waals surface area (Å²) in [6.45, 7) is 20.3. The van der Waals surface area contributed by atoms with Crippen LogP contribution in [0.2, 0.25) is 16.6 Å². The van der Waals surface area contributed by atoms with Crippen molar-refractivity contribution in [3.63, 3.8) is 0 Å². The zero-order valence-electron chi connectivity index (χ0n) is 21.9. The predicted octanol–water partition coefficient (Wildman–Crippen LogP) is 5.41. The van der Waals surface area contributed by atoms with Gasteiger partial charge >= 0.3 is 0 Å². The fourth-order valence-corrected chi connectivity index (χ4v) is 10.6. The summed E-state index contributed by atoms with van der Waals surface area (Å²) in [5, 5.41) is 3.44. The highest BCUT2D eigenvalue weighted by molar-refractivity contribution is 6.77. The number of carbonyl (C=O) groups is 1. The summed E-state index contributed by atoms with van der Waals surface area (Å²) in [6, 6.07) is 3.73. The highest BCUT2D eigenvalue weighted by Crippen LogP contribution is 2.42. The van der Waals surface area contributed by atoms with Crippen LogP contribution in [0.5, 0.6) is 5.75 Å². The number of anilines is 3. The Morgan fingerprint density at radius 1 is 1.09 bits per heavy atom. The van der Waals surface area contributed by atoms with Crippen LogP contribution >= 0.6 is 0 Å². The van der Waals surface area contributed by atoms with Gasteiger partial charge in [-0.05, 0) is 43.0 Å². The van der Waals surface area contributed by atoms with E-state index in [4.69, 9.17) is 19.6 Å². The number of amides is 1. The van der Waals surface area contributed by atoms with Crippen molar-refractivity contribution in [2.24, 2.45) is 0 Å². The lowest BCUT2D eigenvalue weighted by Crippen LogP contribution is -2.48. The van der Waals surface area contributed by atoms with Gasteiger partial charge in [0.15, 0.2) is 8.32 Å². The Balaban J connectivity index is 2.08. The van der Waals surface area contributed by atoms with E-state index in [1.54, 1.807) is 4.90 Å². The van der Waals surface area contributed by atoms with Crippen molar-refractivity contribution < 1.29 is 18.7 Å². The van der Waals surface area contributed by atoms with Crippen molar-refractivity contribution in [3.05, 3.63) is 12.1 Å². The molecule has 1 aliphatic heterocycles.